The third-order valence-corrected chi connectivity index (χ3v) is 7.26. The fraction of sp³-hybridized carbons (Fsp3) is 0.152. The molecule has 5 rings (SSSR count). The zero-order valence-electron chi connectivity index (χ0n) is 24.7. The molecule has 0 radical (unpaired) electrons. The smallest absolute Gasteiger partial charge is 0.307 e. The Bertz CT molecular complexity index is 1820. The molecule has 5 aromatic rings. The molecule has 12 heteroatoms. The van der Waals surface area contributed by atoms with Gasteiger partial charge in [0.25, 0.3) is 5.69 Å². The molecule has 0 saturated carbocycles. The van der Waals surface area contributed by atoms with Crippen LogP contribution in [0.4, 0.5) is 5.69 Å². The number of hydrazone groups is 1. The third kappa shape index (κ3) is 7.60. The number of halogens is 1. The summed E-state index contributed by atoms with van der Waals surface area (Å²) in [7, 11) is 1.50. The van der Waals surface area contributed by atoms with Crippen molar-refractivity contribution in [3.05, 3.63) is 134 Å². The Kier molecular flexibility index (Phi) is 9.64. The van der Waals surface area contributed by atoms with Gasteiger partial charge in [0.05, 0.1) is 18.2 Å². The lowest BCUT2D eigenvalue weighted by Gasteiger charge is -2.14. The number of amides is 1. The first kappa shape index (κ1) is 31.1. The number of nitro benzene ring substituents is 1. The SMILES string of the molecule is COc1cc(Br)cc(C=NNC(=O)c2ccc(COc3ccc(-n4c(C)ccc4C)cc3)o2)c1OCc1ccc([N+](=O)[O-])cc1. The van der Waals surface area contributed by atoms with Gasteiger partial charge in [0.15, 0.2) is 17.3 Å². The van der Waals surface area contributed by atoms with Crippen LogP contribution in [0.25, 0.3) is 5.69 Å². The van der Waals surface area contributed by atoms with E-state index in [0.29, 0.717) is 33.0 Å². The van der Waals surface area contributed by atoms with Crippen molar-refractivity contribution >= 4 is 33.7 Å². The number of aromatic nitrogens is 1. The summed E-state index contributed by atoms with van der Waals surface area (Å²) in [6, 6.07) is 24.6. The highest BCUT2D eigenvalue weighted by Crippen LogP contribution is 2.35. The zero-order valence-corrected chi connectivity index (χ0v) is 26.2. The van der Waals surface area contributed by atoms with Gasteiger partial charge in [-0.3, -0.25) is 14.9 Å². The van der Waals surface area contributed by atoms with Crippen LogP contribution in [0.1, 0.15) is 38.8 Å². The van der Waals surface area contributed by atoms with E-state index in [1.165, 1.54) is 25.5 Å². The zero-order chi connectivity index (χ0) is 31.9. The van der Waals surface area contributed by atoms with Crippen LogP contribution < -0.4 is 19.6 Å². The molecule has 2 heterocycles. The molecule has 0 aliphatic heterocycles. The van der Waals surface area contributed by atoms with Crippen LogP contribution in [0.3, 0.4) is 0 Å². The number of benzene rings is 3. The maximum atomic E-state index is 12.7. The summed E-state index contributed by atoms with van der Waals surface area (Å²) in [5, 5.41) is 15.0. The van der Waals surface area contributed by atoms with Crippen LogP contribution in [0, 0.1) is 24.0 Å². The fourth-order valence-electron chi connectivity index (χ4n) is 4.57. The minimum Gasteiger partial charge on any atom is -0.493 e. The van der Waals surface area contributed by atoms with Crippen molar-refractivity contribution in [3.63, 3.8) is 0 Å². The second kappa shape index (κ2) is 14.0. The first-order valence-electron chi connectivity index (χ1n) is 13.8. The van der Waals surface area contributed by atoms with Gasteiger partial charge in [0, 0.05) is 39.2 Å². The number of aryl methyl sites for hydroxylation is 2. The van der Waals surface area contributed by atoms with Gasteiger partial charge in [-0.2, -0.15) is 5.10 Å². The van der Waals surface area contributed by atoms with Crippen LogP contribution in [-0.2, 0) is 13.2 Å². The molecule has 0 aliphatic carbocycles. The van der Waals surface area contributed by atoms with E-state index >= 15 is 0 Å². The molecule has 1 N–H and O–H groups in total. The van der Waals surface area contributed by atoms with E-state index in [9.17, 15) is 14.9 Å². The van der Waals surface area contributed by atoms with Gasteiger partial charge in [-0.25, -0.2) is 5.43 Å². The van der Waals surface area contributed by atoms with Gasteiger partial charge in [-0.15, -0.1) is 0 Å². The maximum Gasteiger partial charge on any atom is 0.307 e. The highest BCUT2D eigenvalue weighted by Gasteiger charge is 2.15. The molecule has 0 saturated heterocycles. The number of hydrogen-bond acceptors (Lipinski definition) is 8. The monoisotopic (exact) mass is 672 g/mol. The molecule has 0 unspecified atom stereocenters. The molecule has 0 spiro atoms. The summed E-state index contributed by atoms with van der Waals surface area (Å²) in [5.74, 6) is 1.48. The number of non-ortho nitro benzene ring substituents is 1. The lowest BCUT2D eigenvalue weighted by Crippen LogP contribution is -2.17. The van der Waals surface area contributed by atoms with Gasteiger partial charge in [0.1, 0.15) is 24.7 Å². The molecule has 0 fully saturated rings. The molecule has 2 aromatic heterocycles. The number of carbonyl (C=O) groups is 1. The predicted molar refractivity (Wildman–Crippen MR) is 171 cm³/mol. The first-order valence-corrected chi connectivity index (χ1v) is 14.5. The van der Waals surface area contributed by atoms with E-state index in [2.05, 4.69) is 57.0 Å². The largest absolute Gasteiger partial charge is 0.493 e. The van der Waals surface area contributed by atoms with Crippen molar-refractivity contribution in [2.75, 3.05) is 7.11 Å². The number of methoxy groups -OCH3 is 1. The van der Waals surface area contributed by atoms with Crippen LogP contribution in [-0.4, -0.2) is 28.7 Å². The van der Waals surface area contributed by atoms with Gasteiger partial charge in [-0.05, 0) is 92.2 Å². The van der Waals surface area contributed by atoms with Gasteiger partial charge in [-0.1, -0.05) is 15.9 Å². The minimum absolute atomic E-state index is 0.0106. The Hall–Kier alpha value is -5.36. The van der Waals surface area contributed by atoms with Gasteiger partial charge >= 0.3 is 5.91 Å². The van der Waals surface area contributed by atoms with E-state index in [4.69, 9.17) is 18.6 Å². The molecule has 0 aliphatic rings. The number of hydrogen-bond donors (Lipinski definition) is 1. The average molecular weight is 674 g/mol. The lowest BCUT2D eigenvalue weighted by molar-refractivity contribution is -0.384. The molecule has 11 nitrogen and oxygen atoms in total. The van der Waals surface area contributed by atoms with Crippen molar-refractivity contribution in [2.45, 2.75) is 27.1 Å². The van der Waals surface area contributed by atoms with Crippen LogP contribution in [0.5, 0.6) is 17.2 Å². The standard InChI is InChI=1S/C33H29BrN4O7/c1-21-4-5-22(2)37(21)26-10-12-28(13-11-26)43-20-29-14-15-30(45-29)33(39)36-35-18-24-16-25(34)17-31(42-3)32(24)44-19-23-6-8-27(9-7-23)38(40)41/h4-18H,19-20H2,1-3H3,(H,36,39). The van der Waals surface area contributed by atoms with Crippen molar-refractivity contribution in [1.82, 2.24) is 9.99 Å². The number of furan rings is 1. The number of rotatable bonds is 12. The number of nitrogens with zero attached hydrogens (tertiary/aromatic N) is 3. The van der Waals surface area contributed by atoms with E-state index in [1.54, 1.807) is 36.4 Å². The Morgan fingerprint density at radius 3 is 2.36 bits per heavy atom. The third-order valence-electron chi connectivity index (χ3n) is 6.80. The molecule has 0 bridgehead atoms. The Labute approximate surface area is 267 Å². The van der Waals surface area contributed by atoms with Crippen LogP contribution in [0.15, 0.2) is 98.9 Å². The number of nitrogens with one attached hydrogen (secondary N) is 1. The molecule has 3 aromatic carbocycles. The average Bonchev–Trinajstić information content (AvgIpc) is 3.65. The predicted octanol–water partition coefficient (Wildman–Crippen LogP) is 7.29. The highest BCUT2D eigenvalue weighted by atomic mass is 79.9. The number of ether oxygens (including phenoxy) is 3. The molecular weight excluding hydrogens is 644 g/mol. The number of nitro groups is 1. The molecule has 0 atom stereocenters. The van der Waals surface area contributed by atoms with Crippen LogP contribution >= 0.6 is 15.9 Å². The van der Waals surface area contributed by atoms with E-state index in [-0.39, 0.29) is 24.7 Å². The van der Waals surface area contributed by atoms with E-state index in [1.807, 2.05) is 24.3 Å². The van der Waals surface area contributed by atoms with Gasteiger partial charge < -0.3 is 23.2 Å². The van der Waals surface area contributed by atoms with Crippen molar-refractivity contribution in [1.29, 1.82) is 0 Å². The summed E-state index contributed by atoms with van der Waals surface area (Å²) in [6.45, 7) is 4.38. The lowest BCUT2D eigenvalue weighted by atomic mass is 10.2. The number of carbonyl (C=O) groups excluding carboxylic acids is 1. The quantitative estimate of drug-likeness (QED) is 0.0837. The second-order valence-electron chi connectivity index (χ2n) is 9.94. The normalized spacial score (nSPS) is 11.0. The van der Waals surface area contributed by atoms with Crippen LogP contribution in [0.2, 0.25) is 0 Å². The molecule has 1 amide bonds. The summed E-state index contributed by atoms with van der Waals surface area (Å²) in [4.78, 5) is 23.2. The highest BCUT2D eigenvalue weighted by molar-refractivity contribution is 9.10. The molecule has 45 heavy (non-hydrogen) atoms. The summed E-state index contributed by atoms with van der Waals surface area (Å²) >= 11 is 3.44. The van der Waals surface area contributed by atoms with E-state index < -0.39 is 10.8 Å². The first-order chi connectivity index (χ1) is 21.7. The van der Waals surface area contributed by atoms with Crippen molar-refractivity contribution in [3.8, 4) is 22.9 Å². The Morgan fingerprint density at radius 2 is 1.69 bits per heavy atom. The van der Waals surface area contributed by atoms with E-state index in [0.717, 1.165) is 22.6 Å². The Balaban J connectivity index is 1.19. The van der Waals surface area contributed by atoms with Crippen molar-refractivity contribution < 1.29 is 28.3 Å². The topological polar surface area (TPSA) is 130 Å². The maximum absolute atomic E-state index is 12.7. The molecule has 230 valence electrons. The second-order valence-corrected chi connectivity index (χ2v) is 10.9. The summed E-state index contributed by atoms with van der Waals surface area (Å²) < 4.78 is 25.8. The van der Waals surface area contributed by atoms with Crippen molar-refractivity contribution in [2.24, 2.45) is 5.10 Å². The minimum atomic E-state index is -0.547. The molecular formula is C33H29BrN4O7. The fourth-order valence-corrected chi connectivity index (χ4v) is 5.03. The Morgan fingerprint density at radius 1 is 0.978 bits per heavy atom. The van der Waals surface area contributed by atoms with Gasteiger partial charge in [0.2, 0.25) is 0 Å². The summed E-state index contributed by atoms with van der Waals surface area (Å²) in [5.41, 5.74) is 7.03. The summed E-state index contributed by atoms with van der Waals surface area (Å²) in [6.07, 6.45) is 1.42.